The second-order valence-electron chi connectivity index (χ2n) is 4.98. The smallest absolute Gasteiger partial charge is 0.0698 e. The summed E-state index contributed by atoms with van der Waals surface area (Å²) in [5.74, 6) is -0.713. The van der Waals surface area contributed by atoms with Crippen LogP contribution < -0.4 is 10.4 Å². The van der Waals surface area contributed by atoms with Crippen LogP contribution in [0.4, 0.5) is 5.69 Å². The summed E-state index contributed by atoms with van der Waals surface area (Å²) < 4.78 is 1.19. The maximum absolute atomic E-state index is 11.3. The van der Waals surface area contributed by atoms with Gasteiger partial charge in [-0.25, -0.2) is 0 Å². The Balaban J connectivity index is 2.14. The van der Waals surface area contributed by atoms with Gasteiger partial charge in [-0.05, 0) is 65.1 Å². The first-order valence-corrected chi connectivity index (χ1v) is 7.10. The van der Waals surface area contributed by atoms with Crippen LogP contribution in [-0.2, 0) is 4.79 Å². The first kappa shape index (κ1) is 12.0. The molecule has 0 aromatic heterocycles. The van der Waals surface area contributed by atoms with Gasteiger partial charge in [-0.15, -0.1) is 0 Å². The van der Waals surface area contributed by atoms with Crippen molar-refractivity contribution in [1.29, 1.82) is 0 Å². The number of allylic oxidation sites excluding steroid dienone is 2. The van der Waals surface area contributed by atoms with Gasteiger partial charge in [0.05, 0.1) is 12.0 Å². The van der Waals surface area contributed by atoms with Crippen molar-refractivity contribution in [3.63, 3.8) is 0 Å². The topological polar surface area (TPSA) is 52.2 Å². The lowest BCUT2D eigenvalue weighted by Gasteiger charge is -2.38. The minimum atomic E-state index is -1.00. The molecule has 0 bridgehead atoms. The molecule has 0 radical (unpaired) electrons. The fourth-order valence-electron chi connectivity index (χ4n) is 3.07. The van der Waals surface area contributed by atoms with E-state index in [0.717, 1.165) is 17.7 Å². The van der Waals surface area contributed by atoms with E-state index in [1.807, 2.05) is 6.92 Å². The van der Waals surface area contributed by atoms with E-state index in [2.05, 4.69) is 52.2 Å². The number of carboxylic acid groups (broad SMARTS) is 1. The lowest BCUT2D eigenvalue weighted by Crippen LogP contribution is -2.49. The predicted octanol–water partition coefficient (Wildman–Crippen LogP) is 1.80. The van der Waals surface area contributed by atoms with Crippen molar-refractivity contribution in [1.82, 2.24) is 0 Å². The van der Waals surface area contributed by atoms with Crippen molar-refractivity contribution >= 4 is 34.2 Å². The van der Waals surface area contributed by atoms with Crippen molar-refractivity contribution < 1.29 is 9.90 Å². The maximum Gasteiger partial charge on any atom is 0.0698 e. The normalized spacial score (nSPS) is 28.4. The Morgan fingerprint density at radius 1 is 1.50 bits per heavy atom. The number of aryl methyl sites for hydroxylation is 1. The van der Waals surface area contributed by atoms with Gasteiger partial charge in [0.2, 0.25) is 0 Å². The minimum absolute atomic E-state index is 0.0834. The molecular formula is C14H13INO2-. The number of halogens is 1. The molecule has 0 fully saturated rings. The largest absolute Gasteiger partial charge is 0.548 e. The predicted molar refractivity (Wildman–Crippen MR) is 76.3 cm³/mol. The summed E-state index contributed by atoms with van der Waals surface area (Å²) in [5.41, 5.74) is 3.29. The summed E-state index contributed by atoms with van der Waals surface area (Å²) in [7, 11) is 0. The molecule has 0 saturated carbocycles. The molecular weight excluding hydrogens is 341 g/mol. The number of nitrogens with one attached hydrogen (secondary N) is 1. The highest BCUT2D eigenvalue weighted by molar-refractivity contribution is 14.1. The molecule has 4 heteroatoms. The van der Waals surface area contributed by atoms with Crippen LogP contribution >= 0.6 is 22.6 Å². The Bertz CT molecular complexity index is 553. The summed E-state index contributed by atoms with van der Waals surface area (Å²) in [6.45, 7) is 2.01. The molecule has 3 atom stereocenters. The summed E-state index contributed by atoms with van der Waals surface area (Å²) in [4.78, 5) is 11.3. The van der Waals surface area contributed by atoms with Crippen LogP contribution in [0.3, 0.4) is 0 Å². The molecule has 1 aliphatic heterocycles. The van der Waals surface area contributed by atoms with Crippen LogP contribution in [0.25, 0.3) is 0 Å². The van der Waals surface area contributed by atoms with Crippen LogP contribution in [0, 0.1) is 16.4 Å². The van der Waals surface area contributed by atoms with Gasteiger partial charge < -0.3 is 15.2 Å². The fourth-order valence-corrected chi connectivity index (χ4v) is 3.88. The Hall–Kier alpha value is -1.04. The fraction of sp³-hybridized carbons (Fsp3) is 0.357. The zero-order chi connectivity index (χ0) is 12.9. The molecule has 3 rings (SSSR count). The Morgan fingerprint density at radius 2 is 2.28 bits per heavy atom. The number of rotatable bonds is 1. The van der Waals surface area contributed by atoms with Crippen LogP contribution in [0.2, 0.25) is 0 Å². The number of carbonyl (C=O) groups is 1. The zero-order valence-corrected chi connectivity index (χ0v) is 12.1. The average molecular weight is 354 g/mol. The molecule has 18 heavy (non-hydrogen) atoms. The summed E-state index contributed by atoms with van der Waals surface area (Å²) >= 11 is 2.30. The first-order chi connectivity index (χ1) is 8.58. The van der Waals surface area contributed by atoms with Gasteiger partial charge >= 0.3 is 0 Å². The maximum atomic E-state index is 11.3. The van der Waals surface area contributed by atoms with Gasteiger partial charge in [-0.2, -0.15) is 0 Å². The monoisotopic (exact) mass is 354 g/mol. The number of hydrogen-bond acceptors (Lipinski definition) is 3. The van der Waals surface area contributed by atoms with E-state index in [1.54, 1.807) is 0 Å². The van der Waals surface area contributed by atoms with Crippen molar-refractivity contribution in [2.45, 2.75) is 25.3 Å². The highest BCUT2D eigenvalue weighted by atomic mass is 127. The molecule has 0 saturated heterocycles. The molecule has 0 amide bonds. The molecule has 1 aliphatic carbocycles. The molecule has 1 N–H and O–H groups in total. The van der Waals surface area contributed by atoms with Crippen LogP contribution in [0.1, 0.15) is 23.5 Å². The van der Waals surface area contributed by atoms with Gasteiger partial charge in [0.15, 0.2) is 0 Å². The SMILES string of the molecule is Cc1cc(I)cc2c1N[C@H](C(=O)[O-])[C@H]1CC=C[C@H]21. The van der Waals surface area contributed by atoms with Crippen molar-refractivity contribution in [2.24, 2.45) is 5.92 Å². The number of benzene rings is 1. The first-order valence-electron chi connectivity index (χ1n) is 6.02. The van der Waals surface area contributed by atoms with E-state index < -0.39 is 12.0 Å². The van der Waals surface area contributed by atoms with Gasteiger partial charge in [-0.3, -0.25) is 0 Å². The Labute approximate surface area is 119 Å². The third kappa shape index (κ3) is 1.74. The number of anilines is 1. The minimum Gasteiger partial charge on any atom is -0.548 e. The lowest BCUT2D eigenvalue weighted by molar-refractivity contribution is -0.308. The number of hydrogen-bond donors (Lipinski definition) is 1. The number of fused-ring (bicyclic) bond motifs is 3. The van der Waals surface area contributed by atoms with Gasteiger partial charge in [0.1, 0.15) is 0 Å². The summed E-state index contributed by atoms with van der Waals surface area (Å²) in [6.07, 6.45) is 5.02. The van der Waals surface area contributed by atoms with Crippen molar-refractivity contribution in [2.75, 3.05) is 5.32 Å². The van der Waals surface area contributed by atoms with Crippen LogP contribution in [-0.4, -0.2) is 12.0 Å². The molecule has 0 spiro atoms. The third-order valence-corrected chi connectivity index (χ3v) is 4.51. The van der Waals surface area contributed by atoms with Crippen LogP contribution in [0.15, 0.2) is 24.3 Å². The van der Waals surface area contributed by atoms with Crippen LogP contribution in [0.5, 0.6) is 0 Å². The molecule has 2 aliphatic rings. The molecule has 1 aromatic carbocycles. The highest BCUT2D eigenvalue weighted by Crippen LogP contribution is 2.45. The summed E-state index contributed by atoms with van der Waals surface area (Å²) in [6, 6.07) is 3.63. The zero-order valence-electron chi connectivity index (χ0n) is 9.94. The highest BCUT2D eigenvalue weighted by Gasteiger charge is 2.38. The quantitative estimate of drug-likeness (QED) is 0.618. The average Bonchev–Trinajstić information content (AvgIpc) is 2.76. The lowest BCUT2D eigenvalue weighted by atomic mass is 9.78. The standard InChI is InChI=1S/C14H14INO2/c1-7-5-8(15)6-11-9-3-2-4-10(9)13(14(17)18)16-12(7)11/h2-3,5-6,9-10,13,16H,4H2,1H3,(H,17,18)/p-1/t9-,10-,13-/m0/s1. The van der Waals surface area contributed by atoms with Crippen molar-refractivity contribution in [3.8, 4) is 0 Å². The second kappa shape index (κ2) is 4.26. The second-order valence-corrected chi connectivity index (χ2v) is 6.23. The molecule has 3 nitrogen and oxygen atoms in total. The third-order valence-electron chi connectivity index (χ3n) is 3.88. The molecule has 1 aromatic rings. The number of carbonyl (C=O) groups excluding carboxylic acids is 1. The molecule has 0 unspecified atom stereocenters. The number of aliphatic carboxylic acids is 1. The van der Waals surface area contributed by atoms with Gasteiger partial charge in [-0.1, -0.05) is 12.2 Å². The van der Waals surface area contributed by atoms with E-state index in [1.165, 1.54) is 9.13 Å². The van der Waals surface area contributed by atoms with Crippen molar-refractivity contribution in [3.05, 3.63) is 39.0 Å². The molecule has 1 heterocycles. The Kier molecular flexibility index (Phi) is 2.84. The van der Waals surface area contributed by atoms with E-state index in [4.69, 9.17) is 0 Å². The molecule has 94 valence electrons. The van der Waals surface area contributed by atoms with Gasteiger partial charge in [0, 0.05) is 15.2 Å². The number of carboxylic acids is 1. The van der Waals surface area contributed by atoms with E-state index in [9.17, 15) is 9.90 Å². The van der Waals surface area contributed by atoms with E-state index >= 15 is 0 Å². The summed E-state index contributed by atoms with van der Waals surface area (Å²) in [5, 5.41) is 14.4. The van der Waals surface area contributed by atoms with E-state index in [-0.39, 0.29) is 11.8 Å². The van der Waals surface area contributed by atoms with Gasteiger partial charge in [0.25, 0.3) is 0 Å². The Morgan fingerprint density at radius 3 is 3.00 bits per heavy atom. The van der Waals surface area contributed by atoms with E-state index in [0.29, 0.717) is 0 Å².